The lowest BCUT2D eigenvalue weighted by Gasteiger charge is -2.24. The summed E-state index contributed by atoms with van der Waals surface area (Å²) in [5, 5.41) is 0. The largest absolute Gasteiger partial charge is 0.494 e. The van der Waals surface area contributed by atoms with E-state index in [4.69, 9.17) is 19.1 Å². The number of aryl methyl sites for hydroxylation is 2. The van der Waals surface area contributed by atoms with Gasteiger partial charge in [0.25, 0.3) is 0 Å². The minimum absolute atomic E-state index is 0.204. The highest BCUT2D eigenvalue weighted by molar-refractivity contribution is 5.65. The molecule has 0 atom stereocenters. The van der Waals surface area contributed by atoms with Crippen LogP contribution in [-0.4, -0.2) is 45.3 Å². The fraction of sp³-hybridized carbons (Fsp3) is 0.636. The van der Waals surface area contributed by atoms with Gasteiger partial charge in [-0.05, 0) is 114 Å². The fourth-order valence-electron chi connectivity index (χ4n) is 9.66. The van der Waals surface area contributed by atoms with Crippen molar-refractivity contribution >= 4 is 0 Å². The van der Waals surface area contributed by atoms with E-state index in [9.17, 15) is 0 Å². The molecule has 71 heavy (non-hydrogen) atoms. The van der Waals surface area contributed by atoms with Gasteiger partial charge in [-0.3, -0.25) is 0 Å². The molecule has 0 aliphatic rings. The Balaban J connectivity index is 0.880. The molecule has 0 aliphatic heterocycles. The molecule has 5 heteroatoms. The standard InChI is InChI=1S/C66H104NO4/c1-5-7-9-11-13-21-27-33-55-68-65-51-47-63(48-52-65)61-43-39-59(40-44-61)37-31-25-19-15-17-23-29-35-57-70-67(3,4)71-58-36-30-24-18-16-20-26-32-38-60-41-45-62(46-42-60)64-49-53-66(54-50-64)69-56-34-28-22-14-12-10-8-6-2/h39-54H,5-38,55-58H2,1-4H3/q+1. The first-order valence-corrected chi connectivity index (χ1v) is 29.7. The normalized spacial score (nSPS) is 11.7. The Kier molecular flexibility index (Phi) is 33.6. The van der Waals surface area contributed by atoms with E-state index < -0.39 is 0 Å². The summed E-state index contributed by atoms with van der Waals surface area (Å²) in [5.41, 5.74) is 7.98. The Hall–Kier alpha value is -3.64. The van der Waals surface area contributed by atoms with Gasteiger partial charge in [-0.25, -0.2) is 0 Å². The number of unbranched alkanes of at least 4 members (excludes halogenated alkanes) is 28. The van der Waals surface area contributed by atoms with Gasteiger partial charge in [0, 0.05) is 0 Å². The third kappa shape index (κ3) is 29.6. The number of ether oxygens (including phenoxy) is 2. The highest BCUT2D eigenvalue weighted by Gasteiger charge is 2.18. The molecular formula is C66H104NO4+. The van der Waals surface area contributed by atoms with Crippen molar-refractivity contribution in [2.24, 2.45) is 0 Å². The summed E-state index contributed by atoms with van der Waals surface area (Å²) in [4.78, 5) is 12.4. The summed E-state index contributed by atoms with van der Waals surface area (Å²) < 4.78 is 12.0. The van der Waals surface area contributed by atoms with Crippen molar-refractivity contribution in [2.75, 3.05) is 40.5 Å². The second-order valence-electron chi connectivity index (χ2n) is 21.2. The SMILES string of the molecule is CCCCCCCCCCOc1ccc(-c2ccc(CCCCCCCCCCO[N+](C)(C)OCCCCCCCCCCc3ccc(-c4ccc(OCCCCCCCCCC)cc4)cc3)cc2)cc1. The molecule has 396 valence electrons. The van der Waals surface area contributed by atoms with Gasteiger partial charge in [0.15, 0.2) is 0 Å². The average molecular weight is 976 g/mol. The lowest BCUT2D eigenvalue weighted by atomic mass is 10.0. The van der Waals surface area contributed by atoms with Crippen LogP contribution in [0.1, 0.15) is 230 Å². The number of quaternary nitrogens is 1. The maximum absolute atomic E-state index is 6.08. The van der Waals surface area contributed by atoms with E-state index in [-0.39, 0.29) is 4.81 Å². The van der Waals surface area contributed by atoms with Gasteiger partial charge < -0.3 is 9.47 Å². The maximum Gasteiger partial charge on any atom is 0.132 e. The van der Waals surface area contributed by atoms with Crippen molar-refractivity contribution in [3.8, 4) is 33.8 Å². The quantitative estimate of drug-likeness (QED) is 0.0251. The number of benzene rings is 4. The first-order chi connectivity index (χ1) is 35.0. The molecule has 0 heterocycles. The summed E-state index contributed by atoms with van der Waals surface area (Å²) in [6.07, 6.45) is 44.1. The van der Waals surface area contributed by atoms with Crippen LogP contribution >= 0.6 is 0 Å². The Morgan fingerprint density at radius 2 is 0.507 bits per heavy atom. The van der Waals surface area contributed by atoms with Crippen LogP contribution in [0.15, 0.2) is 97.1 Å². The molecule has 0 aliphatic carbocycles. The fourth-order valence-corrected chi connectivity index (χ4v) is 9.66. The topological polar surface area (TPSA) is 36.9 Å². The van der Waals surface area contributed by atoms with Gasteiger partial charge in [-0.15, -0.1) is 0 Å². The van der Waals surface area contributed by atoms with Crippen molar-refractivity contribution in [2.45, 2.75) is 232 Å². The third-order valence-corrected chi connectivity index (χ3v) is 14.3. The van der Waals surface area contributed by atoms with Gasteiger partial charge in [0.2, 0.25) is 0 Å². The summed E-state index contributed by atoms with van der Waals surface area (Å²) in [5.74, 6) is 1.97. The van der Waals surface area contributed by atoms with Crippen molar-refractivity contribution < 1.29 is 24.0 Å². The van der Waals surface area contributed by atoms with Crippen LogP contribution in [0.25, 0.3) is 22.3 Å². The van der Waals surface area contributed by atoms with Crippen molar-refractivity contribution in [3.05, 3.63) is 108 Å². The highest BCUT2D eigenvalue weighted by atomic mass is 17.0. The molecular weight excluding hydrogens is 871 g/mol. The molecule has 0 bridgehead atoms. The van der Waals surface area contributed by atoms with E-state index in [1.54, 1.807) is 0 Å². The smallest absolute Gasteiger partial charge is 0.132 e. The van der Waals surface area contributed by atoms with Crippen molar-refractivity contribution in [1.82, 2.24) is 0 Å². The second kappa shape index (κ2) is 39.8. The van der Waals surface area contributed by atoms with E-state index in [2.05, 4.69) is 111 Å². The summed E-state index contributed by atoms with van der Waals surface area (Å²) in [6.45, 7) is 7.73. The molecule has 0 N–H and O–H groups in total. The Labute approximate surface area is 436 Å². The Bertz CT molecular complexity index is 1670. The first kappa shape index (κ1) is 59.9. The maximum atomic E-state index is 6.08. The van der Waals surface area contributed by atoms with Crippen LogP contribution in [0.3, 0.4) is 0 Å². The number of hydroxylamine groups is 4. The predicted molar refractivity (Wildman–Crippen MR) is 305 cm³/mol. The van der Waals surface area contributed by atoms with Crippen LogP contribution in [0.4, 0.5) is 0 Å². The molecule has 0 saturated carbocycles. The minimum atomic E-state index is 0.204. The van der Waals surface area contributed by atoms with Crippen molar-refractivity contribution in [3.63, 3.8) is 0 Å². The highest BCUT2D eigenvalue weighted by Crippen LogP contribution is 2.26. The van der Waals surface area contributed by atoms with Crippen LogP contribution in [-0.2, 0) is 22.5 Å². The molecule has 0 unspecified atom stereocenters. The Morgan fingerprint density at radius 3 is 0.803 bits per heavy atom. The minimum Gasteiger partial charge on any atom is -0.494 e. The molecule has 0 amide bonds. The number of rotatable bonds is 46. The number of hydrogen-bond donors (Lipinski definition) is 0. The second-order valence-corrected chi connectivity index (χ2v) is 21.2. The average Bonchev–Trinajstić information content (AvgIpc) is 3.39. The monoisotopic (exact) mass is 975 g/mol. The zero-order chi connectivity index (χ0) is 50.1. The van der Waals surface area contributed by atoms with Gasteiger partial charge in [-0.2, -0.15) is 9.68 Å². The van der Waals surface area contributed by atoms with E-state index in [1.807, 2.05) is 14.1 Å². The van der Waals surface area contributed by atoms with Gasteiger partial charge >= 0.3 is 0 Å². The zero-order valence-corrected chi connectivity index (χ0v) is 46.2. The lowest BCUT2D eigenvalue weighted by Crippen LogP contribution is -2.40. The van der Waals surface area contributed by atoms with Crippen LogP contribution in [0.2, 0.25) is 0 Å². The summed E-state index contributed by atoms with van der Waals surface area (Å²) >= 11 is 0. The molecule has 4 aromatic carbocycles. The molecule has 0 radical (unpaired) electrons. The molecule has 0 aromatic heterocycles. The molecule has 0 saturated heterocycles. The zero-order valence-electron chi connectivity index (χ0n) is 46.2. The van der Waals surface area contributed by atoms with E-state index >= 15 is 0 Å². The third-order valence-electron chi connectivity index (χ3n) is 14.3. The molecule has 0 fully saturated rings. The predicted octanol–water partition coefficient (Wildman–Crippen LogP) is 20.0. The molecule has 0 spiro atoms. The van der Waals surface area contributed by atoms with Gasteiger partial charge in [0.1, 0.15) is 38.8 Å². The van der Waals surface area contributed by atoms with Gasteiger partial charge in [0.05, 0.1) is 13.2 Å². The molecule has 4 aromatic rings. The van der Waals surface area contributed by atoms with Crippen LogP contribution < -0.4 is 9.47 Å². The first-order valence-electron chi connectivity index (χ1n) is 29.7. The van der Waals surface area contributed by atoms with Gasteiger partial charge in [-0.1, -0.05) is 254 Å². The summed E-state index contributed by atoms with van der Waals surface area (Å²) in [7, 11) is 4.03. The van der Waals surface area contributed by atoms with E-state index in [1.165, 1.54) is 226 Å². The van der Waals surface area contributed by atoms with Crippen LogP contribution in [0, 0.1) is 0 Å². The summed E-state index contributed by atoms with van der Waals surface area (Å²) in [6, 6.07) is 35.7. The van der Waals surface area contributed by atoms with E-state index in [0.717, 1.165) is 63.6 Å². The van der Waals surface area contributed by atoms with E-state index in [0.29, 0.717) is 0 Å². The van der Waals surface area contributed by atoms with Crippen molar-refractivity contribution in [1.29, 1.82) is 0 Å². The van der Waals surface area contributed by atoms with Crippen LogP contribution in [0.5, 0.6) is 11.5 Å². The molecule has 4 rings (SSSR count). The number of nitrogens with zero attached hydrogens (tertiary/aromatic N) is 1. The lowest BCUT2D eigenvalue weighted by molar-refractivity contribution is -1.22. The number of hydrogen-bond acceptors (Lipinski definition) is 4. The molecule has 5 nitrogen and oxygen atoms in total. The Morgan fingerprint density at radius 1 is 0.268 bits per heavy atom.